The molecule has 0 aliphatic carbocycles. The fourth-order valence-electron chi connectivity index (χ4n) is 1.82. The van der Waals surface area contributed by atoms with Crippen molar-refractivity contribution in [2.75, 3.05) is 12.8 Å². The van der Waals surface area contributed by atoms with Crippen molar-refractivity contribution in [3.63, 3.8) is 0 Å². The Balaban J connectivity index is 2.74. The van der Waals surface area contributed by atoms with Gasteiger partial charge >= 0.3 is 0 Å². The molecule has 1 aromatic heterocycles. The van der Waals surface area contributed by atoms with Gasteiger partial charge in [0.1, 0.15) is 5.75 Å². The SMILES string of the molecule is COc1c(C)cc(Br)c(C)c1-c1cc(N)no1. The molecule has 90 valence electrons. The summed E-state index contributed by atoms with van der Waals surface area (Å²) in [5.74, 6) is 1.75. The second kappa shape index (κ2) is 4.41. The molecule has 0 atom stereocenters. The van der Waals surface area contributed by atoms with Gasteiger partial charge in [-0.3, -0.25) is 0 Å². The summed E-state index contributed by atoms with van der Waals surface area (Å²) in [5, 5.41) is 3.70. The van der Waals surface area contributed by atoms with Crippen LogP contribution in [0.2, 0.25) is 0 Å². The number of anilines is 1. The van der Waals surface area contributed by atoms with Crippen LogP contribution in [0.4, 0.5) is 5.82 Å². The Kier molecular flexibility index (Phi) is 3.11. The monoisotopic (exact) mass is 296 g/mol. The number of hydrogen-bond donors (Lipinski definition) is 1. The third-order valence-corrected chi connectivity index (χ3v) is 3.46. The topological polar surface area (TPSA) is 61.3 Å². The minimum Gasteiger partial charge on any atom is -0.496 e. The van der Waals surface area contributed by atoms with Crippen molar-refractivity contribution in [2.45, 2.75) is 13.8 Å². The van der Waals surface area contributed by atoms with Gasteiger partial charge in [0.15, 0.2) is 11.6 Å². The molecule has 17 heavy (non-hydrogen) atoms. The van der Waals surface area contributed by atoms with Crippen molar-refractivity contribution in [1.82, 2.24) is 5.16 Å². The van der Waals surface area contributed by atoms with Gasteiger partial charge in [-0.25, -0.2) is 0 Å². The molecule has 2 N–H and O–H groups in total. The van der Waals surface area contributed by atoms with Crippen LogP contribution in [-0.4, -0.2) is 12.3 Å². The lowest BCUT2D eigenvalue weighted by molar-refractivity contribution is 0.404. The number of halogens is 1. The molecule has 5 heteroatoms. The van der Waals surface area contributed by atoms with Crippen LogP contribution in [0.1, 0.15) is 11.1 Å². The van der Waals surface area contributed by atoms with Crippen molar-refractivity contribution in [3.05, 3.63) is 27.7 Å². The molecule has 4 nitrogen and oxygen atoms in total. The highest BCUT2D eigenvalue weighted by molar-refractivity contribution is 9.10. The highest BCUT2D eigenvalue weighted by atomic mass is 79.9. The summed E-state index contributed by atoms with van der Waals surface area (Å²) in [6, 6.07) is 3.70. The quantitative estimate of drug-likeness (QED) is 0.923. The molecule has 0 radical (unpaired) electrons. The number of rotatable bonds is 2. The molecule has 2 rings (SSSR count). The van der Waals surface area contributed by atoms with Gasteiger partial charge in [-0.05, 0) is 31.0 Å². The first-order valence-corrected chi connectivity index (χ1v) is 5.90. The van der Waals surface area contributed by atoms with Crippen molar-refractivity contribution >= 4 is 21.7 Å². The number of nitrogen functional groups attached to an aromatic ring is 1. The smallest absolute Gasteiger partial charge is 0.173 e. The minimum atomic E-state index is 0.360. The van der Waals surface area contributed by atoms with Crippen LogP contribution in [0, 0.1) is 13.8 Å². The maximum atomic E-state index is 5.58. The van der Waals surface area contributed by atoms with Gasteiger partial charge in [0, 0.05) is 10.5 Å². The molecule has 0 fully saturated rings. The first-order chi connectivity index (χ1) is 8.04. The Hall–Kier alpha value is -1.49. The van der Waals surface area contributed by atoms with E-state index in [2.05, 4.69) is 21.1 Å². The maximum absolute atomic E-state index is 5.58. The normalized spacial score (nSPS) is 10.6. The lowest BCUT2D eigenvalue weighted by Gasteiger charge is -2.13. The fraction of sp³-hybridized carbons (Fsp3) is 0.250. The van der Waals surface area contributed by atoms with Gasteiger partial charge in [0.05, 0.1) is 12.7 Å². The highest BCUT2D eigenvalue weighted by Gasteiger charge is 2.18. The van der Waals surface area contributed by atoms with Crippen LogP contribution in [0.3, 0.4) is 0 Å². The summed E-state index contributed by atoms with van der Waals surface area (Å²) < 4.78 is 11.6. The van der Waals surface area contributed by atoms with Gasteiger partial charge in [-0.1, -0.05) is 21.1 Å². The van der Waals surface area contributed by atoms with Crippen molar-refractivity contribution < 1.29 is 9.26 Å². The number of nitrogens with zero attached hydrogens (tertiary/aromatic N) is 1. The number of ether oxygens (including phenoxy) is 1. The molecule has 1 aromatic carbocycles. The molecule has 0 unspecified atom stereocenters. The molecule has 0 spiro atoms. The van der Waals surface area contributed by atoms with Gasteiger partial charge in [-0.15, -0.1) is 0 Å². The number of hydrogen-bond acceptors (Lipinski definition) is 4. The van der Waals surface area contributed by atoms with E-state index < -0.39 is 0 Å². The van der Waals surface area contributed by atoms with E-state index in [0.717, 1.165) is 26.9 Å². The zero-order valence-corrected chi connectivity index (χ0v) is 11.5. The molecule has 1 heterocycles. The lowest BCUT2D eigenvalue weighted by atomic mass is 10.0. The van der Waals surface area contributed by atoms with Crippen molar-refractivity contribution in [1.29, 1.82) is 0 Å². The van der Waals surface area contributed by atoms with Crippen LogP contribution in [-0.2, 0) is 0 Å². The number of benzene rings is 1. The van der Waals surface area contributed by atoms with Crippen molar-refractivity contribution in [2.24, 2.45) is 0 Å². The minimum absolute atomic E-state index is 0.360. The van der Waals surface area contributed by atoms with Crippen LogP contribution >= 0.6 is 15.9 Å². The zero-order valence-electron chi connectivity index (χ0n) is 9.87. The third-order valence-electron chi connectivity index (χ3n) is 2.64. The van der Waals surface area contributed by atoms with Crippen LogP contribution in [0.5, 0.6) is 5.75 Å². The molecule has 0 amide bonds. The number of aromatic nitrogens is 1. The third kappa shape index (κ3) is 2.02. The molecule has 0 aliphatic heterocycles. The van der Waals surface area contributed by atoms with E-state index in [4.69, 9.17) is 15.0 Å². The van der Waals surface area contributed by atoms with Crippen LogP contribution < -0.4 is 10.5 Å². The molecule has 0 bridgehead atoms. The standard InChI is InChI=1S/C12H13BrN2O2/c1-6-4-8(13)7(2)11(12(6)16-3)9-5-10(14)15-17-9/h4-5H,1-3H3,(H2,14,15). The Bertz CT molecular complexity index is 564. The summed E-state index contributed by atoms with van der Waals surface area (Å²) >= 11 is 3.52. The molecule has 0 saturated carbocycles. The fourth-order valence-corrected chi connectivity index (χ4v) is 2.36. The predicted molar refractivity (Wildman–Crippen MR) is 70.1 cm³/mol. The van der Waals surface area contributed by atoms with E-state index in [1.165, 1.54) is 0 Å². The zero-order chi connectivity index (χ0) is 12.6. The van der Waals surface area contributed by atoms with Gasteiger partial charge in [-0.2, -0.15) is 0 Å². The summed E-state index contributed by atoms with van der Waals surface area (Å²) in [7, 11) is 1.64. The van der Waals surface area contributed by atoms with E-state index in [9.17, 15) is 0 Å². The van der Waals surface area contributed by atoms with E-state index >= 15 is 0 Å². The second-order valence-electron chi connectivity index (χ2n) is 3.82. The van der Waals surface area contributed by atoms with E-state index in [0.29, 0.717) is 11.6 Å². The Labute approximate surface area is 108 Å². The summed E-state index contributed by atoms with van der Waals surface area (Å²) in [4.78, 5) is 0. The second-order valence-corrected chi connectivity index (χ2v) is 4.68. The van der Waals surface area contributed by atoms with Crippen LogP contribution in [0.25, 0.3) is 11.3 Å². The first-order valence-electron chi connectivity index (χ1n) is 5.11. The van der Waals surface area contributed by atoms with Crippen LogP contribution in [0.15, 0.2) is 21.1 Å². The molecule has 0 saturated heterocycles. The summed E-state index contributed by atoms with van der Waals surface area (Å²) in [6.45, 7) is 3.96. The Morgan fingerprint density at radius 3 is 2.59 bits per heavy atom. The van der Waals surface area contributed by atoms with E-state index in [1.54, 1.807) is 13.2 Å². The summed E-state index contributed by atoms with van der Waals surface area (Å²) in [6.07, 6.45) is 0. The number of nitrogens with two attached hydrogens (primary N) is 1. The Morgan fingerprint density at radius 1 is 1.35 bits per heavy atom. The van der Waals surface area contributed by atoms with E-state index in [-0.39, 0.29) is 0 Å². The van der Waals surface area contributed by atoms with Gasteiger partial charge in [0.2, 0.25) is 0 Å². The van der Waals surface area contributed by atoms with E-state index in [1.807, 2.05) is 19.9 Å². The molecular weight excluding hydrogens is 284 g/mol. The molecule has 2 aromatic rings. The van der Waals surface area contributed by atoms with Gasteiger partial charge in [0.25, 0.3) is 0 Å². The number of aryl methyl sites for hydroxylation is 1. The molecule has 0 aliphatic rings. The number of methoxy groups -OCH3 is 1. The van der Waals surface area contributed by atoms with Gasteiger partial charge < -0.3 is 15.0 Å². The highest BCUT2D eigenvalue weighted by Crippen LogP contribution is 2.40. The van der Waals surface area contributed by atoms with Crippen molar-refractivity contribution in [3.8, 4) is 17.1 Å². The largest absolute Gasteiger partial charge is 0.496 e. The average Bonchev–Trinajstić information content (AvgIpc) is 2.69. The maximum Gasteiger partial charge on any atom is 0.173 e. The first kappa shape index (κ1) is 12.0. The Morgan fingerprint density at radius 2 is 2.06 bits per heavy atom. The average molecular weight is 297 g/mol. The molecular formula is C12H13BrN2O2. The lowest BCUT2D eigenvalue weighted by Crippen LogP contribution is -1.94. The predicted octanol–water partition coefficient (Wildman–Crippen LogP) is 3.31. The summed E-state index contributed by atoms with van der Waals surface area (Å²) in [5.41, 5.74) is 8.51.